The van der Waals surface area contributed by atoms with E-state index >= 15 is 0 Å². The predicted octanol–water partition coefficient (Wildman–Crippen LogP) is 5.79. The highest BCUT2D eigenvalue weighted by Crippen LogP contribution is 2.40. The van der Waals surface area contributed by atoms with Gasteiger partial charge in [-0.1, -0.05) is 19.3 Å². The quantitative estimate of drug-likeness (QED) is 0.172. The maximum absolute atomic E-state index is 13.8. The molecule has 2 aromatic rings. The van der Waals surface area contributed by atoms with Gasteiger partial charge in [0.1, 0.15) is 11.4 Å². The topological polar surface area (TPSA) is 75.7 Å². The van der Waals surface area contributed by atoms with Crippen LogP contribution in [0, 0.1) is 39.2 Å². The van der Waals surface area contributed by atoms with E-state index in [9.17, 15) is 37.2 Å². The van der Waals surface area contributed by atoms with Gasteiger partial charge in [-0.05, 0) is 18.8 Å². The Morgan fingerprint density at radius 3 is 2.07 bits per heavy atom. The molecule has 0 atom stereocenters. The van der Waals surface area contributed by atoms with Crippen LogP contribution in [0.25, 0.3) is 0 Å². The molecule has 0 unspecified atom stereocenters. The molecule has 10 heteroatoms. The SMILES string of the molecule is O=[N+]([O-])c1cc(C=Nc2c(F)c(F)c(F)c(F)c2F)c(O)c(C2CCCCC2)c1. The number of phenolic OH excluding ortho intramolecular Hbond substituents is 1. The number of rotatable bonds is 4. The fraction of sp³-hybridized carbons (Fsp3) is 0.316. The Morgan fingerprint density at radius 2 is 1.52 bits per heavy atom. The fourth-order valence-electron chi connectivity index (χ4n) is 3.43. The van der Waals surface area contributed by atoms with Crippen molar-refractivity contribution in [3.05, 3.63) is 62.5 Å². The zero-order chi connectivity index (χ0) is 21.3. The van der Waals surface area contributed by atoms with Crippen molar-refractivity contribution in [2.24, 2.45) is 4.99 Å². The first kappa shape index (κ1) is 20.7. The number of halogens is 5. The second-order valence-electron chi connectivity index (χ2n) is 6.74. The molecule has 1 aliphatic carbocycles. The van der Waals surface area contributed by atoms with E-state index in [0.717, 1.165) is 25.3 Å². The van der Waals surface area contributed by atoms with Gasteiger partial charge < -0.3 is 5.11 Å². The molecule has 1 fully saturated rings. The molecule has 0 radical (unpaired) electrons. The summed E-state index contributed by atoms with van der Waals surface area (Å²) in [4.78, 5) is 13.8. The van der Waals surface area contributed by atoms with Gasteiger partial charge in [0.2, 0.25) is 5.82 Å². The second-order valence-corrected chi connectivity index (χ2v) is 6.74. The molecule has 1 saturated carbocycles. The zero-order valence-electron chi connectivity index (χ0n) is 14.9. The first-order chi connectivity index (χ1) is 13.7. The molecule has 29 heavy (non-hydrogen) atoms. The lowest BCUT2D eigenvalue weighted by Crippen LogP contribution is -2.06. The number of aliphatic imine (C=N–C) groups is 1. The lowest BCUT2D eigenvalue weighted by atomic mass is 9.83. The van der Waals surface area contributed by atoms with Crippen LogP contribution in [0.5, 0.6) is 5.75 Å². The van der Waals surface area contributed by atoms with Crippen molar-refractivity contribution >= 4 is 17.6 Å². The summed E-state index contributed by atoms with van der Waals surface area (Å²) < 4.78 is 67.3. The van der Waals surface area contributed by atoms with Gasteiger partial charge >= 0.3 is 0 Å². The summed E-state index contributed by atoms with van der Waals surface area (Å²) in [5.74, 6) is -11.5. The van der Waals surface area contributed by atoms with Crippen molar-refractivity contribution in [2.75, 3.05) is 0 Å². The molecule has 0 aliphatic heterocycles. The molecule has 0 bridgehead atoms. The third kappa shape index (κ3) is 3.92. The van der Waals surface area contributed by atoms with Crippen molar-refractivity contribution in [3.8, 4) is 5.75 Å². The highest BCUT2D eigenvalue weighted by atomic mass is 19.2. The second kappa shape index (κ2) is 8.14. The van der Waals surface area contributed by atoms with Gasteiger partial charge in [-0.25, -0.2) is 26.9 Å². The standard InChI is InChI=1S/C19H15F5N2O3/c20-13-14(21)16(23)18(17(24)15(13)22)25-8-10-6-11(26(28)29)7-12(19(10)27)9-4-2-1-3-5-9/h6-9,27H,1-5H2. The van der Waals surface area contributed by atoms with Gasteiger partial charge in [-0.2, -0.15) is 0 Å². The largest absolute Gasteiger partial charge is 0.507 e. The van der Waals surface area contributed by atoms with E-state index in [-0.39, 0.29) is 28.5 Å². The molecule has 2 aromatic carbocycles. The van der Waals surface area contributed by atoms with Crippen LogP contribution < -0.4 is 0 Å². The van der Waals surface area contributed by atoms with Crippen LogP contribution in [0.15, 0.2) is 17.1 Å². The Labute approximate surface area is 161 Å². The molecule has 0 heterocycles. The zero-order valence-corrected chi connectivity index (χ0v) is 14.9. The van der Waals surface area contributed by atoms with Crippen molar-refractivity contribution < 1.29 is 32.0 Å². The number of nitro benzene ring substituents is 1. The third-order valence-corrected chi connectivity index (χ3v) is 4.93. The Hall–Kier alpha value is -3.04. The Morgan fingerprint density at radius 1 is 0.966 bits per heavy atom. The van der Waals surface area contributed by atoms with E-state index in [1.165, 1.54) is 6.07 Å². The number of nitrogens with zero attached hydrogens (tertiary/aromatic N) is 2. The van der Waals surface area contributed by atoms with Crippen LogP contribution in [-0.2, 0) is 0 Å². The number of benzene rings is 2. The maximum atomic E-state index is 13.8. The summed E-state index contributed by atoms with van der Waals surface area (Å²) in [6.45, 7) is 0. The minimum atomic E-state index is -2.32. The first-order valence-electron chi connectivity index (χ1n) is 8.79. The van der Waals surface area contributed by atoms with E-state index in [2.05, 4.69) is 4.99 Å². The number of hydrogen-bond donors (Lipinski definition) is 1. The van der Waals surface area contributed by atoms with Crippen molar-refractivity contribution in [1.82, 2.24) is 0 Å². The Kier molecular flexibility index (Phi) is 5.81. The molecule has 5 nitrogen and oxygen atoms in total. The monoisotopic (exact) mass is 414 g/mol. The Balaban J connectivity index is 2.10. The summed E-state index contributed by atoms with van der Waals surface area (Å²) in [6.07, 6.45) is 4.79. The summed E-state index contributed by atoms with van der Waals surface area (Å²) >= 11 is 0. The molecule has 1 N–H and O–H groups in total. The first-order valence-corrected chi connectivity index (χ1v) is 8.79. The van der Waals surface area contributed by atoms with Crippen molar-refractivity contribution in [1.29, 1.82) is 0 Å². The van der Waals surface area contributed by atoms with E-state index in [4.69, 9.17) is 0 Å². The minimum absolute atomic E-state index is 0.148. The average molecular weight is 414 g/mol. The van der Waals surface area contributed by atoms with Crippen LogP contribution >= 0.6 is 0 Å². The van der Waals surface area contributed by atoms with Crippen molar-refractivity contribution in [3.63, 3.8) is 0 Å². The van der Waals surface area contributed by atoms with Crippen LogP contribution in [0.1, 0.15) is 49.1 Å². The van der Waals surface area contributed by atoms with Crippen LogP contribution in [0.2, 0.25) is 0 Å². The van der Waals surface area contributed by atoms with E-state index in [1.54, 1.807) is 0 Å². The Bertz CT molecular complexity index is 975. The summed E-state index contributed by atoms with van der Waals surface area (Å²) in [7, 11) is 0. The van der Waals surface area contributed by atoms with Crippen LogP contribution in [0.4, 0.5) is 33.3 Å². The molecular weight excluding hydrogens is 399 g/mol. The maximum Gasteiger partial charge on any atom is 0.270 e. The molecule has 1 aliphatic rings. The molecule has 0 saturated heterocycles. The lowest BCUT2D eigenvalue weighted by molar-refractivity contribution is -0.385. The highest BCUT2D eigenvalue weighted by Gasteiger charge is 2.26. The number of aromatic hydroxyl groups is 1. The molecule has 3 rings (SSSR count). The average Bonchev–Trinajstić information content (AvgIpc) is 2.72. The van der Waals surface area contributed by atoms with Crippen molar-refractivity contribution in [2.45, 2.75) is 38.0 Å². The normalized spacial score (nSPS) is 15.2. The van der Waals surface area contributed by atoms with Gasteiger partial charge in [0.15, 0.2) is 23.3 Å². The summed E-state index contributed by atoms with van der Waals surface area (Å²) in [5.41, 5.74) is -1.81. The van der Waals surface area contributed by atoms with Crippen LogP contribution in [0.3, 0.4) is 0 Å². The number of non-ortho nitro benzene ring substituents is 1. The molecule has 154 valence electrons. The van der Waals surface area contributed by atoms with E-state index in [1.807, 2.05) is 0 Å². The molecule has 0 aromatic heterocycles. The fourth-order valence-corrected chi connectivity index (χ4v) is 3.43. The van der Waals surface area contributed by atoms with Crippen LogP contribution in [-0.4, -0.2) is 16.2 Å². The summed E-state index contributed by atoms with van der Waals surface area (Å²) in [6, 6.07) is 2.14. The number of phenols is 1. The lowest BCUT2D eigenvalue weighted by Gasteiger charge is -2.23. The molecule has 0 spiro atoms. The van der Waals surface area contributed by atoms with E-state index < -0.39 is 39.7 Å². The predicted molar refractivity (Wildman–Crippen MR) is 94.1 cm³/mol. The van der Waals surface area contributed by atoms with E-state index in [0.29, 0.717) is 19.1 Å². The number of hydrogen-bond acceptors (Lipinski definition) is 4. The minimum Gasteiger partial charge on any atom is -0.507 e. The van der Waals surface area contributed by atoms with Gasteiger partial charge in [-0.3, -0.25) is 10.1 Å². The summed E-state index contributed by atoms with van der Waals surface area (Å²) in [5, 5.41) is 21.7. The molecule has 0 amide bonds. The van der Waals surface area contributed by atoms with Gasteiger partial charge in [0, 0.05) is 29.5 Å². The molecular formula is C19H15F5N2O3. The van der Waals surface area contributed by atoms with Gasteiger partial charge in [0.05, 0.1) is 4.92 Å². The number of nitro groups is 1. The van der Waals surface area contributed by atoms with Gasteiger partial charge in [-0.15, -0.1) is 0 Å². The smallest absolute Gasteiger partial charge is 0.270 e. The highest BCUT2D eigenvalue weighted by molar-refractivity contribution is 5.87. The van der Waals surface area contributed by atoms with Gasteiger partial charge in [0.25, 0.3) is 5.69 Å². The third-order valence-electron chi connectivity index (χ3n) is 4.93.